The molecule has 1 heterocycles. The molecule has 0 saturated carbocycles. The molecule has 1 aliphatic rings. The highest BCUT2D eigenvalue weighted by Crippen LogP contribution is 2.14. The Balaban J connectivity index is 2.18. The molecule has 0 aromatic rings. The Hall–Kier alpha value is -0.0800. The summed E-state index contributed by atoms with van der Waals surface area (Å²) in [7, 11) is 2.02. The van der Waals surface area contributed by atoms with Gasteiger partial charge in [-0.2, -0.15) is 0 Å². The first-order chi connectivity index (χ1) is 5.34. The summed E-state index contributed by atoms with van der Waals surface area (Å²) in [5.41, 5.74) is 0. The maximum atomic E-state index is 3.19. The fraction of sp³-hybridized carbons (Fsp3) is 1.00. The summed E-state index contributed by atoms with van der Waals surface area (Å²) in [6.45, 7) is 6.00. The molecule has 0 bridgehead atoms. The van der Waals surface area contributed by atoms with E-state index in [0.717, 1.165) is 12.6 Å². The van der Waals surface area contributed by atoms with E-state index in [1.807, 2.05) is 7.05 Å². The Morgan fingerprint density at radius 1 is 1.45 bits per heavy atom. The lowest BCUT2D eigenvalue weighted by atomic mass is 10.0. The number of likely N-dealkylation sites (N-methyl/N-ethyl adjacent to an activating group) is 1. The van der Waals surface area contributed by atoms with Crippen LogP contribution >= 0.6 is 0 Å². The zero-order valence-electron chi connectivity index (χ0n) is 7.77. The molecule has 2 heteroatoms. The summed E-state index contributed by atoms with van der Waals surface area (Å²) in [6.07, 6.45) is 4.22. The molecule has 0 spiro atoms. The van der Waals surface area contributed by atoms with Crippen LogP contribution in [0.5, 0.6) is 0 Å². The van der Waals surface area contributed by atoms with Crippen molar-refractivity contribution in [2.45, 2.75) is 32.2 Å². The van der Waals surface area contributed by atoms with Crippen LogP contribution in [0.15, 0.2) is 0 Å². The molecule has 1 rings (SSSR count). The number of hydrogen-bond donors (Lipinski definition) is 1. The van der Waals surface area contributed by atoms with Gasteiger partial charge >= 0.3 is 0 Å². The lowest BCUT2D eigenvalue weighted by Crippen LogP contribution is -2.40. The fourth-order valence-corrected chi connectivity index (χ4v) is 1.75. The van der Waals surface area contributed by atoms with Crippen LogP contribution in [0, 0.1) is 0 Å². The molecule has 0 amide bonds. The molecule has 11 heavy (non-hydrogen) atoms. The second-order valence-electron chi connectivity index (χ2n) is 3.48. The van der Waals surface area contributed by atoms with Crippen LogP contribution in [0.25, 0.3) is 0 Å². The average molecular weight is 156 g/mol. The van der Waals surface area contributed by atoms with Crippen LogP contribution in [0.4, 0.5) is 0 Å². The molecule has 0 aromatic heterocycles. The van der Waals surface area contributed by atoms with Gasteiger partial charge in [-0.05, 0) is 33.4 Å². The zero-order valence-corrected chi connectivity index (χ0v) is 7.77. The maximum Gasteiger partial charge on any atom is 0.0110 e. The number of likely N-dealkylation sites (tertiary alicyclic amines) is 1. The minimum absolute atomic E-state index is 0.817. The van der Waals surface area contributed by atoms with Gasteiger partial charge in [0, 0.05) is 19.1 Å². The Kier molecular flexibility index (Phi) is 3.87. The average Bonchev–Trinajstić information content (AvgIpc) is 2.03. The first-order valence-corrected chi connectivity index (χ1v) is 4.73. The van der Waals surface area contributed by atoms with Gasteiger partial charge in [0.25, 0.3) is 0 Å². The Morgan fingerprint density at radius 3 is 2.91 bits per heavy atom. The standard InChI is InChI=1S/C9H20N2/c1-9-5-3-4-7-11(9)8-6-10-2/h9-10H,3-8H2,1-2H3/t9-/m1/s1. The Bertz CT molecular complexity index is 104. The molecule has 1 N–H and O–H groups in total. The number of piperidine rings is 1. The third kappa shape index (κ3) is 2.80. The second-order valence-corrected chi connectivity index (χ2v) is 3.48. The van der Waals surface area contributed by atoms with Crippen molar-refractivity contribution in [1.82, 2.24) is 10.2 Å². The highest BCUT2D eigenvalue weighted by atomic mass is 15.2. The van der Waals surface area contributed by atoms with Crippen LogP contribution in [0.1, 0.15) is 26.2 Å². The minimum Gasteiger partial charge on any atom is -0.318 e. The third-order valence-corrected chi connectivity index (χ3v) is 2.59. The molecule has 2 nitrogen and oxygen atoms in total. The Morgan fingerprint density at radius 2 is 2.27 bits per heavy atom. The van der Waals surface area contributed by atoms with E-state index in [-0.39, 0.29) is 0 Å². The summed E-state index contributed by atoms with van der Waals surface area (Å²) < 4.78 is 0. The summed E-state index contributed by atoms with van der Waals surface area (Å²) in [5.74, 6) is 0. The van der Waals surface area contributed by atoms with Crippen LogP contribution in [-0.4, -0.2) is 37.6 Å². The van der Waals surface area contributed by atoms with Crippen molar-refractivity contribution < 1.29 is 0 Å². The minimum atomic E-state index is 0.817. The van der Waals surface area contributed by atoms with Crippen molar-refractivity contribution in [2.75, 3.05) is 26.7 Å². The van der Waals surface area contributed by atoms with Gasteiger partial charge in [-0.15, -0.1) is 0 Å². The fourth-order valence-electron chi connectivity index (χ4n) is 1.75. The molecule has 0 aromatic carbocycles. The quantitative estimate of drug-likeness (QED) is 0.658. The lowest BCUT2D eigenvalue weighted by Gasteiger charge is -2.33. The summed E-state index contributed by atoms with van der Waals surface area (Å²) in [6, 6.07) is 0.817. The van der Waals surface area contributed by atoms with Crippen molar-refractivity contribution in [3.63, 3.8) is 0 Å². The summed E-state index contributed by atoms with van der Waals surface area (Å²) in [5, 5.41) is 3.19. The van der Waals surface area contributed by atoms with E-state index >= 15 is 0 Å². The molecule has 0 unspecified atom stereocenters. The van der Waals surface area contributed by atoms with Crippen molar-refractivity contribution in [3.05, 3.63) is 0 Å². The lowest BCUT2D eigenvalue weighted by molar-refractivity contribution is 0.162. The first kappa shape index (κ1) is 9.01. The van der Waals surface area contributed by atoms with Crippen LogP contribution in [0.2, 0.25) is 0 Å². The monoisotopic (exact) mass is 156 g/mol. The van der Waals surface area contributed by atoms with Crippen molar-refractivity contribution in [3.8, 4) is 0 Å². The van der Waals surface area contributed by atoms with Gasteiger partial charge < -0.3 is 5.32 Å². The molecule has 1 saturated heterocycles. The van der Waals surface area contributed by atoms with E-state index < -0.39 is 0 Å². The number of rotatable bonds is 3. The van der Waals surface area contributed by atoms with Gasteiger partial charge in [0.1, 0.15) is 0 Å². The third-order valence-electron chi connectivity index (χ3n) is 2.59. The van der Waals surface area contributed by atoms with Crippen molar-refractivity contribution in [1.29, 1.82) is 0 Å². The molecule has 0 aliphatic carbocycles. The van der Waals surface area contributed by atoms with Gasteiger partial charge in [0.15, 0.2) is 0 Å². The topological polar surface area (TPSA) is 15.3 Å². The van der Waals surface area contributed by atoms with E-state index in [1.165, 1.54) is 32.4 Å². The largest absolute Gasteiger partial charge is 0.318 e. The summed E-state index contributed by atoms with van der Waals surface area (Å²) in [4.78, 5) is 2.58. The van der Waals surface area contributed by atoms with Gasteiger partial charge in [-0.25, -0.2) is 0 Å². The van der Waals surface area contributed by atoms with E-state index in [9.17, 15) is 0 Å². The van der Waals surface area contributed by atoms with E-state index in [2.05, 4.69) is 17.1 Å². The molecule has 1 fully saturated rings. The van der Waals surface area contributed by atoms with Gasteiger partial charge in [0.05, 0.1) is 0 Å². The smallest absolute Gasteiger partial charge is 0.0110 e. The molecular weight excluding hydrogens is 136 g/mol. The van der Waals surface area contributed by atoms with Gasteiger partial charge in [0.2, 0.25) is 0 Å². The second kappa shape index (κ2) is 4.73. The van der Waals surface area contributed by atoms with Crippen LogP contribution < -0.4 is 5.32 Å². The zero-order chi connectivity index (χ0) is 8.10. The van der Waals surface area contributed by atoms with Gasteiger partial charge in [-0.1, -0.05) is 6.42 Å². The van der Waals surface area contributed by atoms with Gasteiger partial charge in [-0.3, -0.25) is 4.90 Å². The number of hydrogen-bond acceptors (Lipinski definition) is 2. The predicted octanol–water partition coefficient (Wildman–Crippen LogP) is 1.08. The maximum absolute atomic E-state index is 3.19. The molecule has 1 atom stereocenters. The van der Waals surface area contributed by atoms with Crippen LogP contribution in [0.3, 0.4) is 0 Å². The highest BCUT2D eigenvalue weighted by molar-refractivity contribution is 4.72. The summed E-state index contributed by atoms with van der Waals surface area (Å²) >= 11 is 0. The molecule has 1 aliphatic heterocycles. The molecular formula is C9H20N2. The van der Waals surface area contributed by atoms with E-state index in [0.29, 0.717) is 0 Å². The highest BCUT2D eigenvalue weighted by Gasteiger charge is 2.16. The molecule has 0 radical (unpaired) electrons. The van der Waals surface area contributed by atoms with E-state index in [1.54, 1.807) is 0 Å². The van der Waals surface area contributed by atoms with Crippen molar-refractivity contribution >= 4 is 0 Å². The van der Waals surface area contributed by atoms with Crippen molar-refractivity contribution in [2.24, 2.45) is 0 Å². The molecule has 66 valence electrons. The normalized spacial score (nSPS) is 27.3. The number of nitrogens with one attached hydrogen (secondary N) is 1. The SMILES string of the molecule is CNCCN1CCCC[C@H]1C. The first-order valence-electron chi connectivity index (χ1n) is 4.73. The predicted molar refractivity (Wildman–Crippen MR) is 48.8 cm³/mol. The van der Waals surface area contributed by atoms with Crippen LogP contribution in [-0.2, 0) is 0 Å². The Labute approximate surface area is 70.0 Å². The van der Waals surface area contributed by atoms with E-state index in [4.69, 9.17) is 0 Å². The number of nitrogens with zero attached hydrogens (tertiary/aromatic N) is 1.